The fourth-order valence-corrected chi connectivity index (χ4v) is 4.48. The van der Waals surface area contributed by atoms with E-state index in [0.717, 1.165) is 11.1 Å². The molecular weight excluding hydrogens is 438 g/mol. The summed E-state index contributed by atoms with van der Waals surface area (Å²) in [6.07, 6.45) is 0. The molecule has 2 aromatic rings. The third-order valence-corrected chi connectivity index (χ3v) is 6.35. The van der Waals surface area contributed by atoms with Crippen LogP contribution in [0.15, 0.2) is 48.0 Å². The minimum absolute atomic E-state index is 0.0545. The Morgan fingerprint density at radius 2 is 1.85 bits per heavy atom. The number of benzene rings is 2. The predicted octanol–water partition coefficient (Wildman–Crippen LogP) is 2.97. The lowest BCUT2D eigenvalue weighted by atomic mass is 9.93. The molecule has 1 unspecified atom stereocenters. The molecule has 2 aromatic carbocycles. The van der Waals surface area contributed by atoms with E-state index in [2.05, 4.69) is 4.90 Å². The Hall–Kier alpha value is -3.56. The molecule has 9 nitrogen and oxygen atoms in total. The number of nitro benzene ring substituents is 1. The van der Waals surface area contributed by atoms with Crippen LogP contribution < -0.4 is 0 Å². The molecule has 1 N–H and O–H groups in total. The van der Waals surface area contributed by atoms with Gasteiger partial charge in [0.2, 0.25) is 0 Å². The van der Waals surface area contributed by atoms with Gasteiger partial charge in [0.1, 0.15) is 5.76 Å². The van der Waals surface area contributed by atoms with Gasteiger partial charge in [0.25, 0.3) is 17.4 Å². The van der Waals surface area contributed by atoms with Crippen molar-refractivity contribution >= 4 is 23.1 Å². The lowest BCUT2D eigenvalue weighted by Crippen LogP contribution is -2.42. The summed E-state index contributed by atoms with van der Waals surface area (Å²) < 4.78 is 5.37. The number of Topliss-reactive ketones (excluding diaryl/α,β-unsaturated/α-hetero) is 1. The number of aliphatic hydroxyl groups excluding tert-OH is 1. The number of amides is 1. The first-order valence-electron chi connectivity index (χ1n) is 11.2. The van der Waals surface area contributed by atoms with Crippen molar-refractivity contribution in [2.75, 3.05) is 39.4 Å². The predicted molar refractivity (Wildman–Crippen MR) is 125 cm³/mol. The summed E-state index contributed by atoms with van der Waals surface area (Å²) in [5, 5.41) is 22.7. The molecule has 1 amide bonds. The Balaban J connectivity index is 1.81. The Labute approximate surface area is 197 Å². The first kappa shape index (κ1) is 23.6. The van der Waals surface area contributed by atoms with Crippen molar-refractivity contribution in [1.29, 1.82) is 0 Å². The van der Waals surface area contributed by atoms with Crippen LogP contribution in [0.1, 0.15) is 28.3 Å². The molecule has 178 valence electrons. The highest BCUT2D eigenvalue weighted by Crippen LogP contribution is 2.40. The topological polar surface area (TPSA) is 113 Å². The number of aryl methyl sites for hydroxylation is 2. The molecular formula is C25H27N3O6. The van der Waals surface area contributed by atoms with Gasteiger partial charge in [0.15, 0.2) is 0 Å². The molecule has 1 atom stereocenters. The number of ether oxygens (including phenoxy) is 1. The molecule has 2 aliphatic heterocycles. The van der Waals surface area contributed by atoms with E-state index < -0.39 is 22.7 Å². The Bertz CT molecular complexity index is 1170. The van der Waals surface area contributed by atoms with Gasteiger partial charge in [0.05, 0.1) is 29.8 Å². The van der Waals surface area contributed by atoms with E-state index in [0.29, 0.717) is 44.0 Å². The van der Waals surface area contributed by atoms with Crippen LogP contribution >= 0.6 is 0 Å². The van der Waals surface area contributed by atoms with E-state index in [1.54, 1.807) is 12.1 Å². The number of aliphatic hydroxyl groups is 1. The molecule has 0 bridgehead atoms. The number of rotatable bonds is 6. The molecule has 0 saturated carbocycles. The highest BCUT2D eigenvalue weighted by molar-refractivity contribution is 6.46. The minimum Gasteiger partial charge on any atom is -0.507 e. The molecule has 2 fully saturated rings. The number of likely N-dealkylation sites (tertiary alicyclic amines) is 1. The number of carbonyl (C=O) groups is 2. The summed E-state index contributed by atoms with van der Waals surface area (Å²) in [7, 11) is 0. The highest BCUT2D eigenvalue weighted by atomic mass is 16.6. The maximum absolute atomic E-state index is 13.2. The number of morpholine rings is 1. The fourth-order valence-electron chi connectivity index (χ4n) is 4.48. The zero-order chi connectivity index (χ0) is 24.4. The summed E-state index contributed by atoms with van der Waals surface area (Å²) in [6, 6.07) is 10.4. The summed E-state index contributed by atoms with van der Waals surface area (Å²) >= 11 is 0. The molecule has 0 radical (unpaired) electrons. The molecule has 34 heavy (non-hydrogen) atoms. The van der Waals surface area contributed by atoms with Crippen LogP contribution in [-0.2, 0) is 14.3 Å². The van der Waals surface area contributed by atoms with Gasteiger partial charge >= 0.3 is 0 Å². The van der Waals surface area contributed by atoms with Crippen LogP contribution in [-0.4, -0.2) is 70.9 Å². The minimum atomic E-state index is -0.930. The van der Waals surface area contributed by atoms with E-state index in [4.69, 9.17) is 4.74 Å². The van der Waals surface area contributed by atoms with Gasteiger partial charge in [-0.25, -0.2) is 0 Å². The number of nitrogens with zero attached hydrogens (tertiary/aromatic N) is 3. The van der Waals surface area contributed by atoms with Crippen molar-refractivity contribution < 1.29 is 24.4 Å². The smallest absolute Gasteiger partial charge is 0.295 e. The van der Waals surface area contributed by atoms with E-state index in [1.807, 2.05) is 26.0 Å². The monoisotopic (exact) mass is 465 g/mol. The zero-order valence-corrected chi connectivity index (χ0v) is 19.2. The molecule has 2 aliphatic rings. The quantitative estimate of drug-likeness (QED) is 0.229. The largest absolute Gasteiger partial charge is 0.507 e. The third kappa shape index (κ3) is 4.57. The lowest BCUT2D eigenvalue weighted by molar-refractivity contribution is -0.384. The fraction of sp³-hybridized carbons (Fsp3) is 0.360. The Morgan fingerprint density at radius 1 is 1.12 bits per heavy atom. The Morgan fingerprint density at radius 3 is 2.56 bits per heavy atom. The number of hydrogen-bond donors (Lipinski definition) is 1. The van der Waals surface area contributed by atoms with Crippen molar-refractivity contribution in [2.45, 2.75) is 19.9 Å². The summed E-state index contributed by atoms with van der Waals surface area (Å²) in [5.41, 5.74) is 2.30. The van der Waals surface area contributed by atoms with Crippen LogP contribution in [0, 0.1) is 24.0 Å². The first-order valence-corrected chi connectivity index (χ1v) is 11.2. The molecule has 2 saturated heterocycles. The van der Waals surface area contributed by atoms with Gasteiger partial charge in [0, 0.05) is 43.9 Å². The van der Waals surface area contributed by atoms with E-state index in [-0.39, 0.29) is 23.6 Å². The van der Waals surface area contributed by atoms with Crippen LogP contribution in [0.4, 0.5) is 5.69 Å². The van der Waals surface area contributed by atoms with Crippen LogP contribution in [0.25, 0.3) is 5.76 Å². The van der Waals surface area contributed by atoms with E-state index in [1.165, 1.54) is 23.1 Å². The number of nitro groups is 1. The summed E-state index contributed by atoms with van der Waals surface area (Å²) in [5.74, 6) is -1.79. The number of ketones is 1. The van der Waals surface area contributed by atoms with Crippen LogP contribution in [0.5, 0.6) is 0 Å². The van der Waals surface area contributed by atoms with Crippen LogP contribution in [0.3, 0.4) is 0 Å². The SMILES string of the molecule is Cc1ccc(C)c(/C(O)=C2/C(=O)C(=O)N(CCN3CCOCC3)C2c2cccc([N+](=O)[O-])c2)c1. The van der Waals surface area contributed by atoms with E-state index in [9.17, 15) is 24.8 Å². The van der Waals surface area contributed by atoms with Crippen LogP contribution in [0.2, 0.25) is 0 Å². The molecule has 9 heteroatoms. The molecule has 0 aromatic heterocycles. The van der Waals surface area contributed by atoms with Crippen molar-refractivity contribution in [3.63, 3.8) is 0 Å². The van der Waals surface area contributed by atoms with Crippen molar-refractivity contribution in [1.82, 2.24) is 9.80 Å². The summed E-state index contributed by atoms with van der Waals surface area (Å²) in [4.78, 5) is 40.8. The standard InChI is InChI=1S/C25H27N3O6/c1-16-6-7-17(2)20(14-16)23(29)21-22(18-4-3-5-19(15-18)28(32)33)27(25(31)24(21)30)9-8-26-10-12-34-13-11-26/h3-7,14-15,22,29H,8-13H2,1-2H3/b23-21-. The van der Waals surface area contributed by atoms with Gasteiger partial charge in [-0.15, -0.1) is 0 Å². The average Bonchev–Trinajstić information content (AvgIpc) is 3.09. The molecule has 0 aliphatic carbocycles. The third-order valence-electron chi connectivity index (χ3n) is 6.35. The van der Waals surface area contributed by atoms with Gasteiger partial charge in [-0.3, -0.25) is 24.6 Å². The normalized spacial score (nSPS) is 20.6. The van der Waals surface area contributed by atoms with Gasteiger partial charge in [-0.05, 0) is 31.0 Å². The van der Waals surface area contributed by atoms with E-state index >= 15 is 0 Å². The van der Waals surface area contributed by atoms with Crippen molar-refractivity contribution in [3.05, 3.63) is 80.4 Å². The van der Waals surface area contributed by atoms with Gasteiger partial charge in [-0.2, -0.15) is 0 Å². The Kier molecular flexibility index (Phi) is 6.76. The molecule has 4 rings (SSSR count). The lowest BCUT2D eigenvalue weighted by Gasteiger charge is -2.31. The molecule has 2 heterocycles. The summed E-state index contributed by atoms with van der Waals surface area (Å²) in [6.45, 7) is 7.06. The second-order valence-corrected chi connectivity index (χ2v) is 8.62. The van der Waals surface area contributed by atoms with Crippen molar-refractivity contribution in [3.8, 4) is 0 Å². The zero-order valence-electron chi connectivity index (χ0n) is 19.2. The highest BCUT2D eigenvalue weighted by Gasteiger charge is 2.46. The molecule has 0 spiro atoms. The van der Waals surface area contributed by atoms with Gasteiger partial charge in [-0.1, -0.05) is 29.8 Å². The number of carbonyl (C=O) groups excluding carboxylic acids is 2. The number of hydrogen-bond acceptors (Lipinski definition) is 7. The first-order chi connectivity index (χ1) is 16.3. The van der Waals surface area contributed by atoms with Gasteiger partial charge < -0.3 is 14.7 Å². The average molecular weight is 466 g/mol. The maximum atomic E-state index is 13.2. The second kappa shape index (κ2) is 9.74. The second-order valence-electron chi connectivity index (χ2n) is 8.62. The van der Waals surface area contributed by atoms with Crippen molar-refractivity contribution in [2.24, 2.45) is 0 Å². The number of non-ortho nitro benzene ring substituents is 1. The maximum Gasteiger partial charge on any atom is 0.295 e.